The first-order valence-corrected chi connectivity index (χ1v) is 14.6. The van der Waals surface area contributed by atoms with Gasteiger partial charge in [0.2, 0.25) is 11.8 Å². The number of likely N-dealkylation sites (tertiary alicyclic amines) is 1. The van der Waals surface area contributed by atoms with Gasteiger partial charge in [0.25, 0.3) is 0 Å². The van der Waals surface area contributed by atoms with Crippen LogP contribution in [0.4, 0.5) is 10.2 Å². The molecule has 4 heterocycles. The fourth-order valence-electron chi connectivity index (χ4n) is 5.77. The summed E-state index contributed by atoms with van der Waals surface area (Å²) in [5.74, 6) is 1.92. The van der Waals surface area contributed by atoms with Crippen LogP contribution >= 0.6 is 11.6 Å². The number of rotatable bonds is 9. The Morgan fingerprint density at radius 3 is 2.73 bits per heavy atom. The molecule has 1 amide bonds. The molecule has 10 heteroatoms. The van der Waals surface area contributed by atoms with E-state index in [1.807, 2.05) is 24.3 Å². The largest absolute Gasteiger partial charge is 0.486 e. The molecule has 6 rings (SSSR count). The Bertz CT molecular complexity index is 1370. The van der Waals surface area contributed by atoms with Crippen LogP contribution < -0.4 is 24.4 Å². The molecule has 41 heavy (non-hydrogen) atoms. The van der Waals surface area contributed by atoms with E-state index in [0.717, 1.165) is 56.8 Å². The van der Waals surface area contributed by atoms with E-state index in [0.29, 0.717) is 48.6 Å². The summed E-state index contributed by atoms with van der Waals surface area (Å²) in [5.41, 5.74) is 0.783. The molecule has 2 atom stereocenters. The summed E-state index contributed by atoms with van der Waals surface area (Å²) in [5, 5.41) is 3.94. The lowest BCUT2D eigenvalue weighted by Gasteiger charge is -2.27. The minimum Gasteiger partial charge on any atom is -0.486 e. The average Bonchev–Trinajstić information content (AvgIpc) is 3.68. The molecule has 2 aromatic carbocycles. The first-order valence-electron chi connectivity index (χ1n) is 14.3. The second-order valence-electron chi connectivity index (χ2n) is 10.8. The van der Waals surface area contributed by atoms with Crippen molar-refractivity contribution in [2.75, 3.05) is 50.8 Å². The molecule has 216 valence electrons. The van der Waals surface area contributed by atoms with Crippen molar-refractivity contribution in [1.82, 2.24) is 15.2 Å². The van der Waals surface area contributed by atoms with Gasteiger partial charge in [0.15, 0.2) is 17.3 Å². The number of fused-ring (bicyclic) bond motifs is 1. The number of carbonyl (C=O) groups is 1. The number of halogens is 2. The van der Waals surface area contributed by atoms with Crippen molar-refractivity contribution in [3.63, 3.8) is 0 Å². The second-order valence-corrected chi connectivity index (χ2v) is 11.3. The first-order chi connectivity index (χ1) is 20.0. The molecule has 2 fully saturated rings. The molecule has 3 aliphatic rings. The number of benzene rings is 2. The summed E-state index contributed by atoms with van der Waals surface area (Å²) in [6.45, 7) is 4.78. The van der Waals surface area contributed by atoms with Crippen molar-refractivity contribution < 1.29 is 23.4 Å². The molecule has 2 saturated heterocycles. The van der Waals surface area contributed by atoms with Gasteiger partial charge < -0.3 is 29.3 Å². The minimum absolute atomic E-state index is 0.0169. The Morgan fingerprint density at radius 2 is 1.90 bits per heavy atom. The third kappa shape index (κ3) is 6.85. The maximum atomic E-state index is 14.7. The van der Waals surface area contributed by atoms with Crippen molar-refractivity contribution in [3.8, 4) is 23.1 Å². The van der Waals surface area contributed by atoms with E-state index in [1.165, 1.54) is 6.07 Å². The zero-order chi connectivity index (χ0) is 28.2. The molecule has 1 N–H and O–H groups in total. The van der Waals surface area contributed by atoms with Gasteiger partial charge in [0.1, 0.15) is 24.8 Å². The Hall–Kier alpha value is -3.56. The zero-order valence-corrected chi connectivity index (χ0v) is 23.6. The lowest BCUT2D eigenvalue weighted by Crippen LogP contribution is -2.47. The fraction of sp³-hybridized carbons (Fsp3) is 0.419. The smallest absolute Gasteiger partial charge is 0.225 e. The Morgan fingerprint density at radius 1 is 1.10 bits per heavy atom. The second kappa shape index (κ2) is 12.5. The molecule has 0 radical (unpaired) electrons. The highest BCUT2D eigenvalue weighted by Gasteiger charge is 2.31. The number of nitrogens with one attached hydrogen (secondary N) is 1. The van der Waals surface area contributed by atoms with Gasteiger partial charge in [0.05, 0.1) is 5.92 Å². The first kappa shape index (κ1) is 27.6. The van der Waals surface area contributed by atoms with Crippen LogP contribution in [0.3, 0.4) is 0 Å². The zero-order valence-electron chi connectivity index (χ0n) is 22.9. The van der Waals surface area contributed by atoms with Gasteiger partial charge in [-0.25, -0.2) is 4.39 Å². The molecule has 1 unspecified atom stereocenters. The topological polar surface area (TPSA) is 76.2 Å². The normalized spacial score (nSPS) is 19.3. The number of anilines is 1. The number of hydrogen-bond donors (Lipinski definition) is 1. The lowest BCUT2D eigenvalue weighted by atomic mass is 10.0. The third-order valence-corrected chi connectivity index (χ3v) is 8.04. The molecule has 8 nitrogen and oxygen atoms in total. The van der Waals surface area contributed by atoms with Crippen molar-refractivity contribution in [3.05, 3.63) is 71.0 Å². The summed E-state index contributed by atoms with van der Waals surface area (Å²) in [6.07, 6.45) is 3.55. The van der Waals surface area contributed by atoms with E-state index in [-0.39, 0.29) is 23.6 Å². The van der Waals surface area contributed by atoms with Crippen LogP contribution in [0.2, 0.25) is 5.02 Å². The molecule has 0 bridgehead atoms. The highest BCUT2D eigenvalue weighted by molar-refractivity contribution is 6.30. The summed E-state index contributed by atoms with van der Waals surface area (Å²) in [7, 11) is 0. The highest BCUT2D eigenvalue weighted by Crippen LogP contribution is 2.34. The van der Waals surface area contributed by atoms with E-state index < -0.39 is 5.82 Å². The van der Waals surface area contributed by atoms with Crippen molar-refractivity contribution in [1.29, 1.82) is 0 Å². The molecule has 0 saturated carbocycles. The van der Waals surface area contributed by atoms with Crippen LogP contribution in [0.25, 0.3) is 0 Å². The van der Waals surface area contributed by atoms with Gasteiger partial charge in [-0.3, -0.25) is 4.79 Å². The van der Waals surface area contributed by atoms with Crippen LogP contribution in [0.5, 0.6) is 23.1 Å². The lowest BCUT2D eigenvalue weighted by molar-refractivity contribution is -0.125. The van der Waals surface area contributed by atoms with Crippen LogP contribution in [-0.4, -0.2) is 67.8 Å². The van der Waals surface area contributed by atoms with E-state index in [1.54, 1.807) is 24.3 Å². The van der Waals surface area contributed by atoms with Gasteiger partial charge in [-0.2, -0.15) is 4.98 Å². The van der Waals surface area contributed by atoms with E-state index >= 15 is 0 Å². The molecule has 1 aromatic heterocycles. The van der Waals surface area contributed by atoms with Gasteiger partial charge in [-0.15, -0.1) is 0 Å². The van der Waals surface area contributed by atoms with E-state index in [9.17, 15) is 9.18 Å². The van der Waals surface area contributed by atoms with Gasteiger partial charge in [-0.05, 0) is 86.8 Å². The minimum atomic E-state index is -0.426. The van der Waals surface area contributed by atoms with Crippen LogP contribution in [-0.2, 0) is 11.2 Å². The standard InChI is InChI=1S/C31H34ClFN4O4/c32-23-6-8-25(9-7-23)41-29-5-3-4-28(35-29)37-13-10-22(19-37)31(38)34-24(20-36-11-1-2-12-36)16-21-17-26(33)30-27(18-21)39-14-15-40-30/h3-9,17-18,22,24H,1-2,10-16,19-20H2,(H,34,38)/t22-,24?/m1/s1. The molecule has 0 aliphatic carbocycles. The van der Waals surface area contributed by atoms with Crippen LogP contribution in [0.15, 0.2) is 54.6 Å². The summed E-state index contributed by atoms with van der Waals surface area (Å²) < 4.78 is 31.7. The SMILES string of the molecule is O=C(NC(Cc1cc(F)c2c(c1)OCCO2)CN1CCCC1)[C@@H]1CCN(c2cccc(Oc3ccc(Cl)cc3)n2)C1. The van der Waals surface area contributed by atoms with Crippen molar-refractivity contribution in [2.45, 2.75) is 31.7 Å². The number of carbonyl (C=O) groups excluding carboxylic acids is 1. The monoisotopic (exact) mass is 580 g/mol. The Labute approximate surface area is 244 Å². The van der Waals surface area contributed by atoms with E-state index in [4.69, 9.17) is 25.8 Å². The average molecular weight is 581 g/mol. The fourth-order valence-corrected chi connectivity index (χ4v) is 5.89. The van der Waals surface area contributed by atoms with Crippen LogP contribution in [0, 0.1) is 11.7 Å². The van der Waals surface area contributed by atoms with Crippen molar-refractivity contribution >= 4 is 23.3 Å². The maximum Gasteiger partial charge on any atom is 0.225 e. The quantitative estimate of drug-likeness (QED) is 0.378. The van der Waals surface area contributed by atoms with Crippen molar-refractivity contribution in [2.24, 2.45) is 5.92 Å². The van der Waals surface area contributed by atoms with Gasteiger partial charge in [-0.1, -0.05) is 17.7 Å². The summed E-state index contributed by atoms with van der Waals surface area (Å²) >= 11 is 5.97. The predicted molar refractivity (Wildman–Crippen MR) is 155 cm³/mol. The number of nitrogens with zero attached hydrogens (tertiary/aromatic N) is 3. The molecule has 0 spiro atoms. The summed E-state index contributed by atoms with van der Waals surface area (Å²) in [6, 6.07) is 16.0. The van der Waals surface area contributed by atoms with Gasteiger partial charge in [0, 0.05) is 36.8 Å². The van der Waals surface area contributed by atoms with Crippen LogP contribution in [0.1, 0.15) is 24.8 Å². The third-order valence-electron chi connectivity index (χ3n) is 7.79. The van der Waals surface area contributed by atoms with E-state index in [2.05, 4.69) is 20.1 Å². The van der Waals surface area contributed by atoms with Gasteiger partial charge >= 0.3 is 0 Å². The molecular weight excluding hydrogens is 547 g/mol. The maximum absolute atomic E-state index is 14.7. The Kier molecular flexibility index (Phi) is 8.43. The number of aromatic nitrogens is 1. The number of ether oxygens (including phenoxy) is 3. The molecular formula is C31H34ClFN4O4. The number of hydrogen-bond acceptors (Lipinski definition) is 7. The molecule has 3 aromatic rings. The molecule has 3 aliphatic heterocycles. The number of pyridine rings is 1. The predicted octanol–water partition coefficient (Wildman–Crippen LogP) is 5.09. The highest BCUT2D eigenvalue weighted by atomic mass is 35.5. The Balaban J connectivity index is 1.10. The summed E-state index contributed by atoms with van der Waals surface area (Å²) in [4.78, 5) is 22.7. The number of amides is 1.